The highest BCUT2D eigenvalue weighted by Crippen LogP contribution is 2.24. The van der Waals surface area contributed by atoms with E-state index in [4.69, 9.17) is 11.6 Å². The Morgan fingerprint density at radius 2 is 1.95 bits per heavy atom. The Bertz CT molecular complexity index is 780. The second-order valence-corrected chi connectivity index (χ2v) is 5.47. The molecular formula is C17H16ClFN2. The lowest BCUT2D eigenvalue weighted by atomic mass is 10.2. The van der Waals surface area contributed by atoms with Crippen molar-refractivity contribution in [1.82, 2.24) is 9.88 Å². The molecule has 0 saturated carbocycles. The first-order valence-electron chi connectivity index (χ1n) is 6.84. The number of hydrogen-bond acceptors (Lipinski definition) is 1. The van der Waals surface area contributed by atoms with Gasteiger partial charge in [0.2, 0.25) is 0 Å². The number of aromatic nitrogens is 1. The van der Waals surface area contributed by atoms with Gasteiger partial charge in [-0.15, -0.1) is 0 Å². The van der Waals surface area contributed by atoms with E-state index in [1.807, 2.05) is 19.2 Å². The molecule has 0 aliphatic heterocycles. The fourth-order valence-electron chi connectivity index (χ4n) is 2.63. The van der Waals surface area contributed by atoms with Gasteiger partial charge in [0.25, 0.3) is 0 Å². The van der Waals surface area contributed by atoms with Gasteiger partial charge in [-0.1, -0.05) is 29.8 Å². The summed E-state index contributed by atoms with van der Waals surface area (Å²) in [6.07, 6.45) is 2.10. The van der Waals surface area contributed by atoms with Crippen LogP contribution in [0.3, 0.4) is 0 Å². The van der Waals surface area contributed by atoms with E-state index in [1.54, 1.807) is 6.07 Å². The molecule has 0 amide bonds. The Morgan fingerprint density at radius 3 is 2.76 bits per heavy atom. The van der Waals surface area contributed by atoms with Crippen LogP contribution in [0.1, 0.15) is 11.1 Å². The number of nitrogens with zero attached hydrogens (tertiary/aromatic N) is 1. The number of fused-ring (bicyclic) bond motifs is 1. The summed E-state index contributed by atoms with van der Waals surface area (Å²) in [7, 11) is 1.93. The lowest BCUT2D eigenvalue weighted by Crippen LogP contribution is -2.04. The van der Waals surface area contributed by atoms with Crippen LogP contribution in [-0.2, 0) is 13.1 Å². The van der Waals surface area contributed by atoms with E-state index in [9.17, 15) is 4.39 Å². The SMILES string of the molecule is CNCc1cn(Cc2cc(F)ccc2Cl)c2ccccc12. The highest BCUT2D eigenvalue weighted by atomic mass is 35.5. The molecule has 2 nitrogen and oxygen atoms in total. The van der Waals surface area contributed by atoms with Crippen LogP contribution in [0.2, 0.25) is 5.02 Å². The molecule has 108 valence electrons. The van der Waals surface area contributed by atoms with Gasteiger partial charge in [0.05, 0.1) is 0 Å². The van der Waals surface area contributed by atoms with E-state index < -0.39 is 0 Å². The molecule has 2 aromatic carbocycles. The average Bonchev–Trinajstić information content (AvgIpc) is 2.82. The standard InChI is InChI=1S/C17H16ClFN2/c1-20-9-13-11-21(17-5-3-2-4-15(13)17)10-12-8-14(19)6-7-16(12)18/h2-8,11,20H,9-10H2,1H3. The maximum absolute atomic E-state index is 13.4. The fourth-order valence-corrected chi connectivity index (χ4v) is 2.81. The summed E-state index contributed by atoms with van der Waals surface area (Å²) in [5, 5.41) is 4.97. The molecule has 0 unspecified atom stereocenters. The molecule has 0 spiro atoms. The number of rotatable bonds is 4. The third kappa shape index (κ3) is 2.80. The van der Waals surface area contributed by atoms with Gasteiger partial charge < -0.3 is 9.88 Å². The van der Waals surface area contributed by atoms with Crippen molar-refractivity contribution in [2.24, 2.45) is 0 Å². The number of nitrogens with one attached hydrogen (secondary N) is 1. The average molecular weight is 303 g/mol. The van der Waals surface area contributed by atoms with E-state index >= 15 is 0 Å². The summed E-state index contributed by atoms with van der Waals surface area (Å²) in [4.78, 5) is 0. The van der Waals surface area contributed by atoms with Crippen LogP contribution in [0.5, 0.6) is 0 Å². The molecule has 0 aliphatic rings. The molecular weight excluding hydrogens is 287 g/mol. The van der Waals surface area contributed by atoms with Crippen molar-refractivity contribution in [1.29, 1.82) is 0 Å². The molecule has 1 aromatic heterocycles. The number of halogens is 2. The Morgan fingerprint density at radius 1 is 1.14 bits per heavy atom. The summed E-state index contributed by atoms with van der Waals surface area (Å²) in [6.45, 7) is 1.35. The molecule has 21 heavy (non-hydrogen) atoms. The fraction of sp³-hybridized carbons (Fsp3) is 0.176. The Hall–Kier alpha value is -1.84. The Kier molecular flexibility index (Phi) is 3.95. The molecule has 3 rings (SSSR count). The van der Waals surface area contributed by atoms with Gasteiger partial charge in [-0.3, -0.25) is 0 Å². The van der Waals surface area contributed by atoms with Gasteiger partial charge in [0.1, 0.15) is 5.82 Å². The zero-order valence-corrected chi connectivity index (χ0v) is 12.5. The van der Waals surface area contributed by atoms with Gasteiger partial charge in [0, 0.05) is 35.2 Å². The van der Waals surface area contributed by atoms with Crippen molar-refractivity contribution in [2.75, 3.05) is 7.05 Å². The lowest BCUT2D eigenvalue weighted by molar-refractivity contribution is 0.624. The molecule has 1 N–H and O–H groups in total. The molecule has 0 aliphatic carbocycles. The van der Waals surface area contributed by atoms with Gasteiger partial charge >= 0.3 is 0 Å². The summed E-state index contributed by atoms with van der Waals surface area (Å²) in [6, 6.07) is 12.7. The second kappa shape index (κ2) is 5.88. The van der Waals surface area contributed by atoms with Crippen molar-refractivity contribution in [3.8, 4) is 0 Å². The molecule has 0 radical (unpaired) electrons. The first-order valence-corrected chi connectivity index (χ1v) is 7.22. The first-order chi connectivity index (χ1) is 10.2. The van der Waals surface area contributed by atoms with Gasteiger partial charge in [-0.05, 0) is 42.4 Å². The third-order valence-electron chi connectivity index (χ3n) is 3.59. The minimum Gasteiger partial charge on any atom is -0.343 e. The molecule has 0 fully saturated rings. The Labute approximate surface area is 128 Å². The molecule has 3 aromatic rings. The zero-order valence-electron chi connectivity index (χ0n) is 11.7. The normalized spacial score (nSPS) is 11.2. The highest BCUT2D eigenvalue weighted by molar-refractivity contribution is 6.31. The zero-order chi connectivity index (χ0) is 14.8. The first kappa shape index (κ1) is 14.1. The van der Waals surface area contributed by atoms with Crippen molar-refractivity contribution in [2.45, 2.75) is 13.1 Å². The maximum Gasteiger partial charge on any atom is 0.123 e. The van der Waals surface area contributed by atoms with Crippen LogP contribution in [0.4, 0.5) is 4.39 Å². The Balaban J connectivity index is 2.06. The van der Waals surface area contributed by atoms with Crippen molar-refractivity contribution in [3.05, 3.63) is 70.6 Å². The van der Waals surface area contributed by atoms with Crippen molar-refractivity contribution in [3.63, 3.8) is 0 Å². The number of benzene rings is 2. The van der Waals surface area contributed by atoms with Gasteiger partial charge in [-0.2, -0.15) is 0 Å². The smallest absolute Gasteiger partial charge is 0.123 e. The molecule has 0 atom stereocenters. The van der Waals surface area contributed by atoms with E-state index in [1.165, 1.54) is 23.1 Å². The number of hydrogen-bond donors (Lipinski definition) is 1. The number of para-hydroxylation sites is 1. The van der Waals surface area contributed by atoms with E-state index in [2.05, 4.69) is 28.2 Å². The minimum absolute atomic E-state index is 0.263. The van der Waals surface area contributed by atoms with Crippen molar-refractivity contribution >= 4 is 22.5 Å². The summed E-state index contributed by atoms with van der Waals surface area (Å²) in [5.41, 5.74) is 3.14. The molecule has 4 heteroatoms. The van der Waals surface area contributed by atoms with Gasteiger partial charge in [0.15, 0.2) is 0 Å². The van der Waals surface area contributed by atoms with Crippen LogP contribution in [-0.4, -0.2) is 11.6 Å². The monoisotopic (exact) mass is 302 g/mol. The van der Waals surface area contributed by atoms with Crippen LogP contribution < -0.4 is 5.32 Å². The molecule has 0 saturated heterocycles. The summed E-state index contributed by atoms with van der Waals surface area (Å²) >= 11 is 6.17. The van der Waals surface area contributed by atoms with Crippen LogP contribution in [0.25, 0.3) is 10.9 Å². The van der Waals surface area contributed by atoms with Crippen molar-refractivity contribution < 1.29 is 4.39 Å². The van der Waals surface area contributed by atoms with Crippen LogP contribution >= 0.6 is 11.6 Å². The highest BCUT2D eigenvalue weighted by Gasteiger charge is 2.09. The largest absolute Gasteiger partial charge is 0.343 e. The van der Waals surface area contributed by atoms with Gasteiger partial charge in [-0.25, -0.2) is 4.39 Å². The summed E-state index contributed by atoms with van der Waals surface area (Å²) in [5.74, 6) is -0.263. The molecule has 1 heterocycles. The predicted octanol–water partition coefficient (Wildman–Crippen LogP) is 4.20. The van der Waals surface area contributed by atoms with E-state index in [-0.39, 0.29) is 5.82 Å². The van der Waals surface area contributed by atoms with E-state index in [0.29, 0.717) is 11.6 Å². The predicted molar refractivity (Wildman–Crippen MR) is 85.2 cm³/mol. The lowest BCUT2D eigenvalue weighted by Gasteiger charge is -2.07. The third-order valence-corrected chi connectivity index (χ3v) is 3.96. The quantitative estimate of drug-likeness (QED) is 0.764. The topological polar surface area (TPSA) is 17.0 Å². The summed E-state index contributed by atoms with van der Waals surface area (Å²) < 4.78 is 15.5. The molecule has 0 bridgehead atoms. The van der Waals surface area contributed by atoms with Crippen LogP contribution in [0, 0.1) is 5.82 Å². The second-order valence-electron chi connectivity index (χ2n) is 5.07. The van der Waals surface area contributed by atoms with Crippen LogP contribution in [0.15, 0.2) is 48.7 Å². The minimum atomic E-state index is -0.263. The maximum atomic E-state index is 13.4. The van der Waals surface area contributed by atoms with E-state index in [0.717, 1.165) is 17.6 Å².